The normalized spacial score (nSPS) is 20.6. The van der Waals surface area contributed by atoms with Crippen molar-refractivity contribution in [3.63, 3.8) is 0 Å². The second-order valence-electron chi connectivity index (χ2n) is 4.79. The molecule has 0 aliphatic carbocycles. The number of amides is 1. The van der Waals surface area contributed by atoms with Crippen molar-refractivity contribution >= 4 is 23.3 Å². The highest BCUT2D eigenvalue weighted by molar-refractivity contribution is 6.05. The lowest BCUT2D eigenvalue weighted by atomic mass is 9.94. The number of aliphatic carboxylic acids is 1. The number of nitrogens with two attached hydrogens (primary N) is 1. The van der Waals surface area contributed by atoms with Crippen molar-refractivity contribution in [1.29, 1.82) is 0 Å². The smallest absolute Gasteiger partial charge is 0.352 e. The SMILES string of the molecule is CCC(=O)Nc1ccc(C2=NOC(CN)(C(=O)O)C2)cc1. The van der Waals surface area contributed by atoms with Gasteiger partial charge >= 0.3 is 5.97 Å². The second kappa shape index (κ2) is 5.92. The molecule has 2 rings (SSSR count). The average molecular weight is 291 g/mol. The van der Waals surface area contributed by atoms with Crippen molar-refractivity contribution in [3.8, 4) is 0 Å². The van der Waals surface area contributed by atoms with E-state index in [4.69, 9.17) is 10.6 Å². The third-order valence-electron chi connectivity index (χ3n) is 3.33. The largest absolute Gasteiger partial charge is 0.478 e. The van der Waals surface area contributed by atoms with Crippen LogP contribution < -0.4 is 11.1 Å². The van der Waals surface area contributed by atoms with E-state index >= 15 is 0 Å². The van der Waals surface area contributed by atoms with Crippen molar-refractivity contribution in [2.75, 3.05) is 11.9 Å². The van der Waals surface area contributed by atoms with E-state index < -0.39 is 11.6 Å². The lowest BCUT2D eigenvalue weighted by Crippen LogP contribution is -2.45. The van der Waals surface area contributed by atoms with Gasteiger partial charge in [0, 0.05) is 25.1 Å². The predicted octanol–water partition coefficient (Wildman–Crippen LogP) is 0.942. The van der Waals surface area contributed by atoms with Gasteiger partial charge in [-0.25, -0.2) is 4.79 Å². The highest BCUT2D eigenvalue weighted by atomic mass is 16.7. The first-order chi connectivity index (χ1) is 10.0. The van der Waals surface area contributed by atoms with E-state index in [9.17, 15) is 14.7 Å². The Bertz CT molecular complexity index is 582. The fourth-order valence-corrected chi connectivity index (χ4v) is 1.94. The highest BCUT2D eigenvalue weighted by Gasteiger charge is 2.46. The van der Waals surface area contributed by atoms with E-state index in [1.165, 1.54) is 0 Å². The van der Waals surface area contributed by atoms with E-state index in [1.54, 1.807) is 31.2 Å². The van der Waals surface area contributed by atoms with Crippen molar-refractivity contribution in [2.45, 2.75) is 25.4 Å². The number of rotatable bonds is 5. The zero-order valence-electron chi connectivity index (χ0n) is 11.6. The summed E-state index contributed by atoms with van der Waals surface area (Å²) in [6, 6.07) is 6.97. The molecule has 1 unspecified atom stereocenters. The molecule has 0 saturated carbocycles. The van der Waals surface area contributed by atoms with E-state index in [-0.39, 0.29) is 18.9 Å². The molecule has 1 aromatic rings. The molecule has 4 N–H and O–H groups in total. The molecule has 1 aliphatic heterocycles. The van der Waals surface area contributed by atoms with Gasteiger partial charge in [0.15, 0.2) is 0 Å². The van der Waals surface area contributed by atoms with Gasteiger partial charge in [-0.15, -0.1) is 0 Å². The summed E-state index contributed by atoms with van der Waals surface area (Å²) in [7, 11) is 0. The zero-order valence-corrected chi connectivity index (χ0v) is 11.6. The number of anilines is 1. The van der Waals surface area contributed by atoms with Crippen LogP contribution in [0.4, 0.5) is 5.69 Å². The number of hydrogen-bond acceptors (Lipinski definition) is 5. The molecule has 1 aromatic carbocycles. The Morgan fingerprint density at radius 3 is 2.57 bits per heavy atom. The molecule has 0 radical (unpaired) electrons. The molecule has 1 aliphatic rings. The van der Waals surface area contributed by atoms with Crippen LogP contribution in [0.1, 0.15) is 25.3 Å². The first-order valence-electron chi connectivity index (χ1n) is 6.59. The van der Waals surface area contributed by atoms with Crippen LogP contribution in [-0.4, -0.2) is 34.8 Å². The zero-order chi connectivity index (χ0) is 15.5. The van der Waals surface area contributed by atoms with Gasteiger partial charge in [0.2, 0.25) is 5.91 Å². The molecule has 1 atom stereocenters. The van der Waals surface area contributed by atoms with Gasteiger partial charge in [-0.3, -0.25) is 4.79 Å². The Labute approximate surface area is 121 Å². The van der Waals surface area contributed by atoms with E-state index in [1.807, 2.05) is 0 Å². The third kappa shape index (κ3) is 3.03. The number of carboxylic acids is 1. The fraction of sp³-hybridized carbons (Fsp3) is 0.357. The maximum atomic E-state index is 11.3. The second-order valence-corrected chi connectivity index (χ2v) is 4.79. The standard InChI is InChI=1S/C14H17N3O4/c1-2-12(18)16-10-5-3-9(4-6-10)11-7-14(8-15,13(19)20)21-17-11/h3-6H,2,7-8,15H2,1H3,(H,16,18)(H,19,20). The minimum absolute atomic E-state index is 0.0719. The van der Waals surface area contributed by atoms with Crippen molar-refractivity contribution in [2.24, 2.45) is 10.9 Å². The Morgan fingerprint density at radius 1 is 1.43 bits per heavy atom. The number of nitrogens with zero attached hydrogens (tertiary/aromatic N) is 1. The molecule has 0 saturated heterocycles. The van der Waals surface area contributed by atoms with E-state index in [0.717, 1.165) is 5.56 Å². The van der Waals surface area contributed by atoms with Gasteiger partial charge in [-0.05, 0) is 17.7 Å². The van der Waals surface area contributed by atoms with Crippen LogP contribution in [0.15, 0.2) is 29.4 Å². The fourth-order valence-electron chi connectivity index (χ4n) is 1.94. The monoisotopic (exact) mass is 291 g/mol. The van der Waals surface area contributed by atoms with Crippen LogP contribution >= 0.6 is 0 Å². The molecule has 0 spiro atoms. The van der Waals surface area contributed by atoms with Crippen molar-refractivity contribution in [3.05, 3.63) is 29.8 Å². The molecule has 21 heavy (non-hydrogen) atoms. The van der Waals surface area contributed by atoms with Crippen LogP contribution in [0.5, 0.6) is 0 Å². The van der Waals surface area contributed by atoms with Gasteiger partial charge in [-0.1, -0.05) is 24.2 Å². The summed E-state index contributed by atoms with van der Waals surface area (Å²) in [6.45, 7) is 1.62. The van der Waals surface area contributed by atoms with Crippen LogP contribution in [0.25, 0.3) is 0 Å². The molecule has 7 nitrogen and oxygen atoms in total. The number of carboxylic acid groups (broad SMARTS) is 1. The van der Waals surface area contributed by atoms with Gasteiger partial charge in [0.1, 0.15) is 0 Å². The lowest BCUT2D eigenvalue weighted by Gasteiger charge is -2.18. The number of nitrogens with one attached hydrogen (secondary N) is 1. The van der Waals surface area contributed by atoms with E-state index in [2.05, 4.69) is 10.5 Å². The first kappa shape index (κ1) is 15.0. The molecule has 1 amide bonds. The molecule has 0 fully saturated rings. The Morgan fingerprint density at radius 2 is 2.10 bits per heavy atom. The van der Waals surface area contributed by atoms with Crippen molar-refractivity contribution < 1.29 is 19.5 Å². The topological polar surface area (TPSA) is 114 Å². The summed E-state index contributed by atoms with van der Waals surface area (Å²) in [5.74, 6) is -1.20. The molecule has 7 heteroatoms. The maximum absolute atomic E-state index is 11.3. The van der Waals surface area contributed by atoms with Crippen LogP contribution in [0.2, 0.25) is 0 Å². The van der Waals surface area contributed by atoms with Crippen LogP contribution in [0.3, 0.4) is 0 Å². The van der Waals surface area contributed by atoms with Gasteiger partial charge < -0.3 is 21.0 Å². The predicted molar refractivity (Wildman–Crippen MR) is 77.0 cm³/mol. The number of oxime groups is 1. The van der Waals surface area contributed by atoms with E-state index in [0.29, 0.717) is 17.8 Å². The minimum atomic E-state index is -1.48. The Hall–Kier alpha value is -2.41. The maximum Gasteiger partial charge on any atom is 0.352 e. The number of hydrogen-bond donors (Lipinski definition) is 3. The molecule has 0 aromatic heterocycles. The van der Waals surface area contributed by atoms with Gasteiger partial charge in [0.25, 0.3) is 5.60 Å². The molecular weight excluding hydrogens is 274 g/mol. The molecule has 1 heterocycles. The average Bonchev–Trinajstić information content (AvgIpc) is 2.94. The number of benzene rings is 1. The number of carbonyl (C=O) groups excluding carboxylic acids is 1. The van der Waals surface area contributed by atoms with Crippen molar-refractivity contribution in [1.82, 2.24) is 0 Å². The van der Waals surface area contributed by atoms with Crippen LogP contribution in [0, 0.1) is 0 Å². The Kier molecular flexibility index (Phi) is 4.23. The lowest BCUT2D eigenvalue weighted by molar-refractivity contribution is -0.161. The highest BCUT2D eigenvalue weighted by Crippen LogP contribution is 2.27. The summed E-state index contributed by atoms with van der Waals surface area (Å²) < 4.78 is 0. The molecule has 112 valence electrons. The summed E-state index contributed by atoms with van der Waals surface area (Å²) in [4.78, 5) is 27.5. The minimum Gasteiger partial charge on any atom is -0.478 e. The molecule has 0 bridgehead atoms. The van der Waals surface area contributed by atoms with Gasteiger partial charge in [0.05, 0.1) is 5.71 Å². The summed E-state index contributed by atoms with van der Waals surface area (Å²) in [6.07, 6.45) is 0.513. The Balaban J connectivity index is 2.10. The summed E-state index contributed by atoms with van der Waals surface area (Å²) >= 11 is 0. The summed E-state index contributed by atoms with van der Waals surface area (Å²) in [5.41, 5.74) is 5.93. The number of carbonyl (C=O) groups is 2. The third-order valence-corrected chi connectivity index (χ3v) is 3.33. The molecular formula is C14H17N3O4. The summed E-state index contributed by atoms with van der Waals surface area (Å²) in [5, 5.41) is 15.7. The quantitative estimate of drug-likeness (QED) is 0.747. The first-order valence-corrected chi connectivity index (χ1v) is 6.59. The van der Waals surface area contributed by atoms with Gasteiger partial charge in [-0.2, -0.15) is 0 Å². The van der Waals surface area contributed by atoms with Crippen LogP contribution in [-0.2, 0) is 14.4 Å².